The molecule has 6 amide bonds. The first-order valence-corrected chi connectivity index (χ1v) is 22.8. The summed E-state index contributed by atoms with van der Waals surface area (Å²) in [5.74, 6) is -5.26. The highest BCUT2D eigenvalue weighted by molar-refractivity contribution is 5.92. The van der Waals surface area contributed by atoms with Gasteiger partial charge in [-0.1, -0.05) is 96.8 Å². The van der Waals surface area contributed by atoms with Crippen LogP contribution in [0.1, 0.15) is 163 Å². The number of carboxylic acids is 1. The van der Waals surface area contributed by atoms with Crippen LogP contribution in [0.2, 0.25) is 0 Å². The van der Waals surface area contributed by atoms with Crippen LogP contribution in [0.15, 0.2) is 0 Å². The highest BCUT2D eigenvalue weighted by Crippen LogP contribution is 2.24. The van der Waals surface area contributed by atoms with Crippen molar-refractivity contribution in [1.29, 1.82) is 0 Å². The molecule has 0 saturated carbocycles. The second-order valence-corrected chi connectivity index (χ2v) is 16.4. The van der Waals surface area contributed by atoms with Gasteiger partial charge in [0.25, 0.3) is 0 Å². The molecule has 19 nitrogen and oxygen atoms in total. The number of nitrogens with one attached hydrogen (secondary N) is 5. The molecular formula is C43H78N6O13. The number of carbonyl (C=O) groups excluding carboxylic acids is 6. The lowest BCUT2D eigenvalue weighted by Gasteiger charge is -2.43. The minimum absolute atomic E-state index is 0.0393. The molecule has 0 radical (unpaired) electrons. The molecule has 358 valence electrons. The Balaban J connectivity index is 2.36. The molecule has 0 bridgehead atoms. The summed E-state index contributed by atoms with van der Waals surface area (Å²) < 4.78 is 10.8. The van der Waals surface area contributed by atoms with E-state index in [0.717, 1.165) is 26.2 Å². The van der Waals surface area contributed by atoms with Crippen LogP contribution < -0.4 is 32.3 Å². The molecule has 11 N–H and O–H groups in total. The van der Waals surface area contributed by atoms with Crippen molar-refractivity contribution >= 4 is 41.4 Å². The number of hydrogen-bond acceptors (Lipinski definition) is 12. The number of nitrogens with two attached hydrogens (primary N) is 1. The van der Waals surface area contributed by atoms with Crippen LogP contribution in [-0.2, 0) is 43.0 Å². The number of hydrogen-bond donors (Lipinski definition) is 10. The third-order valence-corrected chi connectivity index (χ3v) is 10.9. The molecule has 1 aliphatic rings. The Bertz CT molecular complexity index is 1360. The average molecular weight is 887 g/mol. The minimum atomic E-state index is -1.68. The van der Waals surface area contributed by atoms with Crippen LogP contribution in [0.3, 0.4) is 0 Å². The molecule has 0 spiro atoms. The van der Waals surface area contributed by atoms with Gasteiger partial charge in [-0.25, -0.2) is 4.79 Å². The number of amides is 6. The maximum Gasteiger partial charge on any atom is 0.326 e. The molecule has 0 aliphatic carbocycles. The first kappa shape index (κ1) is 56.1. The van der Waals surface area contributed by atoms with E-state index in [4.69, 9.17) is 15.2 Å². The lowest BCUT2D eigenvalue weighted by molar-refractivity contribution is -0.266. The van der Waals surface area contributed by atoms with Gasteiger partial charge >= 0.3 is 5.97 Å². The van der Waals surface area contributed by atoms with E-state index >= 15 is 0 Å². The van der Waals surface area contributed by atoms with Crippen LogP contribution in [0.4, 0.5) is 0 Å². The van der Waals surface area contributed by atoms with Gasteiger partial charge in [-0.2, -0.15) is 0 Å². The first-order chi connectivity index (χ1) is 29.5. The highest BCUT2D eigenvalue weighted by atomic mass is 16.6. The molecule has 1 heterocycles. The zero-order valence-corrected chi connectivity index (χ0v) is 37.5. The minimum Gasteiger partial charge on any atom is -0.480 e. The predicted octanol–water partition coefficient (Wildman–Crippen LogP) is 1.71. The van der Waals surface area contributed by atoms with Gasteiger partial charge in [0.15, 0.2) is 6.29 Å². The zero-order chi connectivity index (χ0) is 46.5. The van der Waals surface area contributed by atoms with E-state index in [1.165, 1.54) is 90.9 Å². The lowest BCUT2D eigenvalue weighted by Crippen LogP contribution is -2.65. The highest BCUT2D eigenvalue weighted by Gasteiger charge is 2.47. The average Bonchev–Trinajstić information content (AvgIpc) is 3.22. The molecule has 0 aromatic carbocycles. The standard InChI is InChI=1S/C43H78N6O13/c1-5-6-7-8-9-10-11-12-13-14-15-16-17-18-19-23-34(52)45-26-21-20-22-32(42(58)59)48-35(53)25-24-31(39(44)55)49-40(56)28(2)46-41(57)29(3)61-38-36(47-30(4)51)43(60)62-33(27-50)37(38)54/h28-29,31-33,36-38,43,50,54,60H,5-27H2,1-4H3,(H2,44,55)(H,45,52)(H,46,57)(H,47,51)(H,48,53)(H,49,56)(H,58,59). The molecule has 9 atom stereocenters. The van der Waals surface area contributed by atoms with Gasteiger partial charge in [-0.3, -0.25) is 28.8 Å². The summed E-state index contributed by atoms with van der Waals surface area (Å²) in [6.45, 7) is 5.65. The number of carbonyl (C=O) groups is 7. The van der Waals surface area contributed by atoms with Crippen LogP contribution in [-0.4, -0.2) is 130 Å². The Labute approximate surface area is 367 Å². The van der Waals surface area contributed by atoms with Crippen LogP contribution in [0, 0.1) is 0 Å². The Hall–Kier alpha value is -3.91. The van der Waals surface area contributed by atoms with Gasteiger partial charge in [-0.05, 0) is 46.0 Å². The van der Waals surface area contributed by atoms with Crippen LogP contribution in [0.5, 0.6) is 0 Å². The van der Waals surface area contributed by atoms with Crippen molar-refractivity contribution in [3.8, 4) is 0 Å². The number of aliphatic hydroxyl groups excluding tert-OH is 3. The van der Waals surface area contributed by atoms with Crippen molar-refractivity contribution in [2.45, 2.75) is 217 Å². The van der Waals surface area contributed by atoms with E-state index in [1.54, 1.807) is 0 Å². The van der Waals surface area contributed by atoms with Crippen molar-refractivity contribution in [2.75, 3.05) is 13.2 Å². The van der Waals surface area contributed by atoms with Gasteiger partial charge in [-0.15, -0.1) is 0 Å². The normalized spacial score (nSPS) is 20.5. The van der Waals surface area contributed by atoms with Crippen LogP contribution in [0.25, 0.3) is 0 Å². The summed E-state index contributed by atoms with van der Waals surface area (Å²) in [7, 11) is 0. The van der Waals surface area contributed by atoms with Gasteiger partial charge < -0.3 is 62.2 Å². The summed E-state index contributed by atoms with van der Waals surface area (Å²) in [5, 5.41) is 52.5. The van der Waals surface area contributed by atoms with E-state index in [9.17, 15) is 54.0 Å². The summed E-state index contributed by atoms with van der Waals surface area (Å²) in [6.07, 6.45) is 12.3. The van der Waals surface area contributed by atoms with Crippen molar-refractivity contribution in [2.24, 2.45) is 5.73 Å². The summed E-state index contributed by atoms with van der Waals surface area (Å²) >= 11 is 0. The number of rotatable bonds is 35. The Kier molecular flexibility index (Phi) is 29.6. The van der Waals surface area contributed by atoms with Gasteiger partial charge in [0.05, 0.1) is 6.61 Å². The summed E-state index contributed by atoms with van der Waals surface area (Å²) in [5.41, 5.74) is 5.45. The van der Waals surface area contributed by atoms with Crippen molar-refractivity contribution in [1.82, 2.24) is 26.6 Å². The lowest BCUT2D eigenvalue weighted by atomic mass is 9.96. The maximum absolute atomic E-state index is 12.9. The van der Waals surface area contributed by atoms with E-state index in [-0.39, 0.29) is 25.2 Å². The number of aliphatic carboxylic acids is 1. The Morgan fingerprint density at radius 3 is 1.77 bits per heavy atom. The van der Waals surface area contributed by atoms with E-state index in [1.807, 2.05) is 0 Å². The summed E-state index contributed by atoms with van der Waals surface area (Å²) in [6, 6.07) is -5.14. The quantitative estimate of drug-likeness (QED) is 0.0406. The van der Waals surface area contributed by atoms with E-state index in [2.05, 4.69) is 33.5 Å². The fourth-order valence-corrected chi connectivity index (χ4v) is 7.16. The number of unbranched alkanes of at least 4 members (excludes halogenated alkanes) is 15. The van der Waals surface area contributed by atoms with E-state index in [0.29, 0.717) is 25.8 Å². The third kappa shape index (κ3) is 24.1. The second kappa shape index (κ2) is 32.7. The largest absolute Gasteiger partial charge is 0.480 e. The topological polar surface area (TPSA) is 305 Å². The van der Waals surface area contributed by atoms with Gasteiger partial charge in [0.1, 0.15) is 48.6 Å². The number of aliphatic hydroxyl groups is 3. The van der Waals surface area contributed by atoms with Crippen LogP contribution >= 0.6 is 0 Å². The number of ether oxygens (including phenoxy) is 2. The van der Waals surface area contributed by atoms with Crippen molar-refractivity contribution in [3.63, 3.8) is 0 Å². The molecule has 1 fully saturated rings. The SMILES string of the molecule is CCCCCCCCCCCCCCCCCC(=O)NCCCCC(NC(=O)CCC(NC(=O)C(C)NC(=O)C(C)OC1C(O)C(CO)OC(O)C1NC(C)=O)C(N)=O)C(=O)O. The first-order valence-electron chi connectivity index (χ1n) is 22.8. The van der Waals surface area contributed by atoms with E-state index < -0.39 is 97.0 Å². The monoisotopic (exact) mass is 887 g/mol. The fraction of sp³-hybridized carbons (Fsp3) is 0.837. The molecule has 19 heteroatoms. The molecule has 1 rings (SSSR count). The molecule has 0 aromatic rings. The smallest absolute Gasteiger partial charge is 0.326 e. The zero-order valence-electron chi connectivity index (χ0n) is 37.5. The summed E-state index contributed by atoms with van der Waals surface area (Å²) in [4.78, 5) is 86.4. The predicted molar refractivity (Wildman–Crippen MR) is 230 cm³/mol. The van der Waals surface area contributed by atoms with Crippen molar-refractivity contribution < 1.29 is 63.5 Å². The molecule has 0 aromatic heterocycles. The Morgan fingerprint density at radius 1 is 0.694 bits per heavy atom. The van der Waals surface area contributed by atoms with Gasteiger partial charge in [0, 0.05) is 26.3 Å². The second-order valence-electron chi connectivity index (χ2n) is 16.4. The molecule has 1 saturated heterocycles. The third-order valence-electron chi connectivity index (χ3n) is 10.9. The number of primary amides is 1. The Morgan fingerprint density at radius 2 is 1.26 bits per heavy atom. The van der Waals surface area contributed by atoms with Gasteiger partial charge in [0.2, 0.25) is 35.4 Å². The molecular weight excluding hydrogens is 809 g/mol. The number of carboxylic acid groups (broad SMARTS) is 1. The molecule has 1 aliphatic heterocycles. The van der Waals surface area contributed by atoms with Crippen molar-refractivity contribution in [3.05, 3.63) is 0 Å². The molecule has 9 unspecified atom stereocenters. The fourth-order valence-electron chi connectivity index (χ4n) is 7.16. The maximum atomic E-state index is 12.9. The molecule has 62 heavy (non-hydrogen) atoms.